The van der Waals surface area contributed by atoms with Crippen molar-refractivity contribution in [3.8, 4) is 0 Å². The Morgan fingerprint density at radius 2 is 1.95 bits per heavy atom. The first-order chi connectivity index (χ1) is 8.77. The number of anilines is 1. The topological polar surface area (TPSA) is 93.2 Å². The SMILES string of the molecule is CCCCS(=O)(=O)c1nc(NC(C)=O)c(C(C)=O)s1. The van der Waals surface area contributed by atoms with E-state index >= 15 is 0 Å². The summed E-state index contributed by atoms with van der Waals surface area (Å²) < 4.78 is 23.9. The lowest BCUT2D eigenvalue weighted by Gasteiger charge is -1.98. The number of Topliss-reactive ketones (excluding diaryl/α,β-unsaturated/α-hetero) is 1. The zero-order chi connectivity index (χ0) is 14.6. The van der Waals surface area contributed by atoms with Crippen LogP contribution < -0.4 is 5.32 Å². The predicted molar refractivity (Wildman–Crippen MR) is 73.4 cm³/mol. The van der Waals surface area contributed by atoms with Crippen molar-refractivity contribution in [2.24, 2.45) is 0 Å². The number of hydrogen-bond donors (Lipinski definition) is 1. The van der Waals surface area contributed by atoms with E-state index in [4.69, 9.17) is 0 Å². The summed E-state index contributed by atoms with van der Waals surface area (Å²) in [6.45, 7) is 4.47. The smallest absolute Gasteiger partial charge is 0.222 e. The Balaban J connectivity index is 3.17. The molecule has 1 heterocycles. The van der Waals surface area contributed by atoms with Crippen molar-refractivity contribution in [1.29, 1.82) is 0 Å². The highest BCUT2D eigenvalue weighted by molar-refractivity contribution is 7.93. The minimum Gasteiger partial charge on any atom is -0.310 e. The van der Waals surface area contributed by atoms with Crippen LogP contribution in [0.1, 0.15) is 43.3 Å². The van der Waals surface area contributed by atoms with Crippen molar-refractivity contribution in [2.75, 3.05) is 11.1 Å². The molecule has 0 saturated heterocycles. The number of rotatable bonds is 6. The van der Waals surface area contributed by atoms with E-state index < -0.39 is 15.7 Å². The number of thiazole rings is 1. The monoisotopic (exact) mass is 304 g/mol. The summed E-state index contributed by atoms with van der Waals surface area (Å²) in [5, 5.41) is 2.38. The molecule has 1 aromatic heterocycles. The molecule has 0 bridgehead atoms. The van der Waals surface area contributed by atoms with E-state index in [0.717, 1.165) is 17.8 Å². The Kier molecular flexibility index (Phi) is 5.19. The highest BCUT2D eigenvalue weighted by Gasteiger charge is 2.24. The van der Waals surface area contributed by atoms with E-state index in [0.29, 0.717) is 6.42 Å². The van der Waals surface area contributed by atoms with Gasteiger partial charge >= 0.3 is 0 Å². The van der Waals surface area contributed by atoms with Gasteiger partial charge in [0.15, 0.2) is 11.6 Å². The third-order valence-electron chi connectivity index (χ3n) is 2.25. The maximum Gasteiger partial charge on any atom is 0.222 e. The molecule has 106 valence electrons. The molecule has 0 fully saturated rings. The molecular weight excluding hydrogens is 288 g/mol. The summed E-state index contributed by atoms with van der Waals surface area (Å²) in [6, 6.07) is 0. The molecule has 8 heteroatoms. The maximum atomic E-state index is 12.0. The first-order valence-corrected chi connectivity index (χ1v) is 8.27. The van der Waals surface area contributed by atoms with Gasteiger partial charge in [0.25, 0.3) is 0 Å². The zero-order valence-electron chi connectivity index (χ0n) is 11.0. The maximum absolute atomic E-state index is 12.0. The molecular formula is C11H16N2O4S2. The van der Waals surface area contributed by atoms with Gasteiger partial charge in [0.05, 0.1) is 5.75 Å². The molecule has 1 rings (SSSR count). The van der Waals surface area contributed by atoms with Gasteiger partial charge in [-0.2, -0.15) is 0 Å². The van der Waals surface area contributed by atoms with Gasteiger partial charge in [-0.05, 0) is 6.42 Å². The Hall–Kier alpha value is -1.28. The number of nitrogens with zero attached hydrogens (tertiary/aromatic N) is 1. The van der Waals surface area contributed by atoms with Gasteiger partial charge in [0.2, 0.25) is 20.1 Å². The summed E-state index contributed by atoms with van der Waals surface area (Å²) in [5.41, 5.74) is 0. The molecule has 1 amide bonds. The van der Waals surface area contributed by atoms with Crippen LogP contribution in [0.25, 0.3) is 0 Å². The molecule has 0 aliphatic heterocycles. The predicted octanol–water partition coefficient (Wildman–Crippen LogP) is 1.88. The number of amides is 1. The fourth-order valence-electron chi connectivity index (χ4n) is 1.35. The minimum absolute atomic E-state index is 0.00608. The zero-order valence-corrected chi connectivity index (χ0v) is 12.7. The number of carbonyl (C=O) groups excluding carboxylic acids is 2. The molecule has 0 spiro atoms. The summed E-state index contributed by atoms with van der Waals surface area (Å²) in [4.78, 5) is 26.5. The number of aromatic nitrogens is 1. The molecule has 6 nitrogen and oxygen atoms in total. The van der Waals surface area contributed by atoms with Crippen LogP contribution in [-0.2, 0) is 14.6 Å². The van der Waals surface area contributed by atoms with E-state index in [9.17, 15) is 18.0 Å². The number of nitrogens with one attached hydrogen (secondary N) is 1. The molecule has 0 aromatic carbocycles. The fraction of sp³-hybridized carbons (Fsp3) is 0.545. The number of unbranched alkanes of at least 4 members (excludes halogenated alkanes) is 1. The van der Waals surface area contributed by atoms with E-state index in [1.807, 2.05) is 6.92 Å². The molecule has 0 aliphatic rings. The largest absolute Gasteiger partial charge is 0.310 e. The first kappa shape index (κ1) is 15.8. The van der Waals surface area contributed by atoms with Gasteiger partial charge in [0, 0.05) is 13.8 Å². The van der Waals surface area contributed by atoms with Crippen LogP contribution in [0.5, 0.6) is 0 Å². The highest BCUT2D eigenvalue weighted by atomic mass is 32.2. The van der Waals surface area contributed by atoms with Gasteiger partial charge in [-0.3, -0.25) is 9.59 Å². The molecule has 1 aromatic rings. The number of carbonyl (C=O) groups is 2. The lowest BCUT2D eigenvalue weighted by molar-refractivity contribution is -0.114. The highest BCUT2D eigenvalue weighted by Crippen LogP contribution is 2.28. The molecule has 0 unspecified atom stereocenters. The summed E-state index contributed by atoms with van der Waals surface area (Å²) in [5.74, 6) is -0.697. The third-order valence-corrected chi connectivity index (χ3v) is 5.67. The van der Waals surface area contributed by atoms with Crippen LogP contribution >= 0.6 is 11.3 Å². The molecule has 19 heavy (non-hydrogen) atoms. The van der Waals surface area contributed by atoms with Gasteiger partial charge in [-0.25, -0.2) is 13.4 Å². The Bertz CT molecular complexity index is 590. The molecule has 0 saturated carbocycles. The van der Waals surface area contributed by atoms with Crippen LogP contribution in [0, 0.1) is 0 Å². The first-order valence-electron chi connectivity index (χ1n) is 5.80. The van der Waals surface area contributed by atoms with Crippen molar-refractivity contribution in [3.05, 3.63) is 4.88 Å². The van der Waals surface area contributed by atoms with Crippen LogP contribution in [0.3, 0.4) is 0 Å². The van der Waals surface area contributed by atoms with E-state index in [1.165, 1.54) is 13.8 Å². The van der Waals surface area contributed by atoms with Crippen molar-refractivity contribution in [3.63, 3.8) is 0 Å². The van der Waals surface area contributed by atoms with Gasteiger partial charge < -0.3 is 5.32 Å². The Morgan fingerprint density at radius 3 is 2.42 bits per heavy atom. The summed E-state index contributed by atoms with van der Waals surface area (Å²) in [7, 11) is -3.49. The summed E-state index contributed by atoms with van der Waals surface area (Å²) >= 11 is 0.804. The lowest BCUT2D eigenvalue weighted by atomic mass is 10.3. The van der Waals surface area contributed by atoms with Crippen molar-refractivity contribution >= 4 is 38.7 Å². The van der Waals surface area contributed by atoms with Crippen molar-refractivity contribution in [1.82, 2.24) is 4.98 Å². The Labute approximate surface area is 116 Å². The van der Waals surface area contributed by atoms with Gasteiger partial charge in [-0.15, -0.1) is 0 Å². The second-order valence-corrected chi connectivity index (χ2v) is 7.35. The van der Waals surface area contributed by atoms with Crippen LogP contribution in [0.4, 0.5) is 5.82 Å². The Morgan fingerprint density at radius 1 is 1.32 bits per heavy atom. The standard InChI is InChI=1S/C11H16N2O4S2/c1-4-5-6-19(16,17)11-13-10(12-8(3)15)9(18-11)7(2)14/h4-6H2,1-3H3,(H,12,15). The third kappa shape index (κ3) is 4.10. The van der Waals surface area contributed by atoms with E-state index in [-0.39, 0.29) is 26.6 Å². The van der Waals surface area contributed by atoms with Crippen molar-refractivity contribution in [2.45, 2.75) is 38.0 Å². The molecule has 0 radical (unpaired) electrons. The quantitative estimate of drug-likeness (QED) is 0.810. The second kappa shape index (κ2) is 6.25. The average molecular weight is 304 g/mol. The fourth-order valence-corrected chi connectivity index (χ4v) is 4.08. The second-order valence-electron chi connectivity index (χ2n) is 4.07. The molecule has 0 aliphatic carbocycles. The van der Waals surface area contributed by atoms with E-state index in [2.05, 4.69) is 10.3 Å². The van der Waals surface area contributed by atoms with E-state index in [1.54, 1.807) is 0 Å². The minimum atomic E-state index is -3.49. The van der Waals surface area contributed by atoms with Crippen molar-refractivity contribution < 1.29 is 18.0 Å². The van der Waals surface area contributed by atoms with Gasteiger partial charge in [-0.1, -0.05) is 24.7 Å². The van der Waals surface area contributed by atoms with Crippen LogP contribution in [0.2, 0.25) is 0 Å². The molecule has 1 N–H and O–H groups in total. The lowest BCUT2D eigenvalue weighted by Crippen LogP contribution is -2.10. The van der Waals surface area contributed by atoms with Crippen LogP contribution in [-0.4, -0.2) is 30.8 Å². The number of sulfone groups is 1. The normalized spacial score (nSPS) is 11.3. The molecule has 0 atom stereocenters. The number of hydrogen-bond acceptors (Lipinski definition) is 6. The summed E-state index contributed by atoms with van der Waals surface area (Å²) in [6.07, 6.45) is 1.29. The van der Waals surface area contributed by atoms with Gasteiger partial charge in [0.1, 0.15) is 4.88 Å². The average Bonchev–Trinajstić information content (AvgIpc) is 2.70. The number of ketones is 1. The van der Waals surface area contributed by atoms with Crippen LogP contribution in [0.15, 0.2) is 4.34 Å².